The summed E-state index contributed by atoms with van der Waals surface area (Å²) in [6.07, 6.45) is 0.149. The van der Waals surface area contributed by atoms with Crippen molar-refractivity contribution in [3.05, 3.63) is 0 Å². The molecule has 4 heteroatoms. The Hall–Kier alpha value is -0.610. The summed E-state index contributed by atoms with van der Waals surface area (Å²) in [5, 5.41) is 15.1. The Labute approximate surface area is 85.1 Å². The first kappa shape index (κ1) is 11.5. The third kappa shape index (κ3) is 3.64. The molecule has 3 N–H and O–H groups in total. The topological polar surface area (TPSA) is 61.4 Å². The van der Waals surface area contributed by atoms with Crippen LogP contribution in [0.3, 0.4) is 0 Å². The van der Waals surface area contributed by atoms with Gasteiger partial charge in [0.2, 0.25) is 5.91 Å². The quantitative estimate of drug-likeness (QED) is 0.582. The molecule has 0 aliphatic carbocycles. The molecule has 1 heterocycles. The van der Waals surface area contributed by atoms with E-state index in [4.69, 9.17) is 0 Å². The molecule has 4 nitrogen and oxygen atoms in total. The first-order valence-corrected chi connectivity index (χ1v) is 5.08. The minimum absolute atomic E-state index is 0.00326. The van der Waals surface area contributed by atoms with Gasteiger partial charge in [-0.15, -0.1) is 0 Å². The highest BCUT2D eigenvalue weighted by Crippen LogP contribution is 2.11. The second-order valence-corrected chi connectivity index (χ2v) is 5.13. The van der Waals surface area contributed by atoms with Gasteiger partial charge in [0, 0.05) is 13.1 Å². The minimum Gasteiger partial charge on any atom is -0.392 e. The molecule has 1 rings (SSSR count). The number of carbonyl (C=O) groups excluding carboxylic acids is 1. The number of rotatable bonds is 2. The zero-order chi connectivity index (χ0) is 10.8. The van der Waals surface area contributed by atoms with Crippen molar-refractivity contribution >= 4 is 5.91 Å². The fraction of sp³-hybridized carbons (Fsp3) is 0.900. The minimum atomic E-state index is -0.375. The molecule has 0 spiro atoms. The predicted octanol–water partition coefficient (Wildman–Crippen LogP) is -0.128. The average molecular weight is 200 g/mol. The zero-order valence-electron chi connectivity index (χ0n) is 9.13. The Kier molecular flexibility index (Phi) is 3.50. The fourth-order valence-electron chi connectivity index (χ4n) is 1.39. The summed E-state index contributed by atoms with van der Waals surface area (Å²) >= 11 is 0. The molecule has 0 aromatic rings. The number of hydrogen-bond donors (Lipinski definition) is 3. The van der Waals surface area contributed by atoms with Crippen molar-refractivity contribution in [1.82, 2.24) is 10.6 Å². The van der Waals surface area contributed by atoms with Gasteiger partial charge in [0.25, 0.3) is 0 Å². The maximum absolute atomic E-state index is 11.6. The summed E-state index contributed by atoms with van der Waals surface area (Å²) in [5.41, 5.74) is 0.104. The highest BCUT2D eigenvalue weighted by Gasteiger charge is 2.28. The maximum atomic E-state index is 11.6. The molecule has 1 amide bonds. The maximum Gasteiger partial charge on any atom is 0.237 e. The molecule has 82 valence electrons. The molecule has 14 heavy (non-hydrogen) atoms. The van der Waals surface area contributed by atoms with Crippen molar-refractivity contribution in [2.24, 2.45) is 5.41 Å². The van der Waals surface area contributed by atoms with E-state index < -0.39 is 0 Å². The van der Waals surface area contributed by atoms with E-state index in [0.717, 1.165) is 0 Å². The Balaban J connectivity index is 2.29. The van der Waals surface area contributed by atoms with Crippen LogP contribution in [-0.4, -0.2) is 36.2 Å². The van der Waals surface area contributed by atoms with E-state index >= 15 is 0 Å². The molecule has 1 fully saturated rings. The van der Waals surface area contributed by atoms with E-state index in [2.05, 4.69) is 31.4 Å². The average Bonchev–Trinajstić information content (AvgIpc) is 2.46. The molecule has 0 saturated carbocycles. The molecule has 1 aliphatic heterocycles. The van der Waals surface area contributed by atoms with Crippen molar-refractivity contribution < 1.29 is 9.90 Å². The van der Waals surface area contributed by atoms with Gasteiger partial charge >= 0.3 is 0 Å². The first-order chi connectivity index (χ1) is 6.38. The lowest BCUT2D eigenvalue weighted by Gasteiger charge is -2.20. The summed E-state index contributed by atoms with van der Waals surface area (Å²) in [5.74, 6) is -0.00326. The molecule has 0 radical (unpaired) electrons. The lowest BCUT2D eigenvalue weighted by molar-refractivity contribution is -0.123. The van der Waals surface area contributed by atoms with Gasteiger partial charge in [0.05, 0.1) is 12.1 Å². The second-order valence-electron chi connectivity index (χ2n) is 5.13. The number of aliphatic hydroxyl groups is 1. The smallest absolute Gasteiger partial charge is 0.237 e. The lowest BCUT2D eigenvalue weighted by atomic mass is 9.97. The molecule has 1 aliphatic rings. The third-order valence-corrected chi connectivity index (χ3v) is 2.22. The predicted molar refractivity (Wildman–Crippen MR) is 54.9 cm³/mol. The summed E-state index contributed by atoms with van der Waals surface area (Å²) in [6, 6.07) is -0.215. The van der Waals surface area contributed by atoms with Crippen LogP contribution >= 0.6 is 0 Å². The number of nitrogens with one attached hydrogen (secondary N) is 2. The van der Waals surface area contributed by atoms with Gasteiger partial charge in [-0.1, -0.05) is 20.8 Å². The zero-order valence-corrected chi connectivity index (χ0v) is 9.13. The van der Waals surface area contributed by atoms with E-state index in [1.54, 1.807) is 0 Å². The van der Waals surface area contributed by atoms with Crippen LogP contribution in [0.15, 0.2) is 0 Å². The van der Waals surface area contributed by atoms with Crippen LogP contribution in [0.4, 0.5) is 0 Å². The van der Waals surface area contributed by atoms with Gasteiger partial charge in [-0.25, -0.2) is 0 Å². The summed E-state index contributed by atoms with van der Waals surface area (Å²) < 4.78 is 0. The monoisotopic (exact) mass is 200 g/mol. The Morgan fingerprint density at radius 3 is 2.64 bits per heavy atom. The number of aliphatic hydroxyl groups excluding tert-OH is 1. The molecule has 0 aromatic heterocycles. The van der Waals surface area contributed by atoms with E-state index in [-0.39, 0.29) is 23.5 Å². The molecular formula is C10H20N2O2. The molecule has 1 saturated heterocycles. The van der Waals surface area contributed by atoms with Crippen LogP contribution in [0.1, 0.15) is 27.2 Å². The van der Waals surface area contributed by atoms with Crippen molar-refractivity contribution in [1.29, 1.82) is 0 Å². The number of amides is 1. The van der Waals surface area contributed by atoms with Crippen molar-refractivity contribution in [3.63, 3.8) is 0 Å². The Bertz CT molecular complexity index is 211. The largest absolute Gasteiger partial charge is 0.392 e. The normalized spacial score (nSPS) is 27.7. The van der Waals surface area contributed by atoms with E-state index in [1.807, 2.05) is 0 Å². The lowest BCUT2D eigenvalue weighted by Crippen LogP contribution is -2.43. The molecule has 0 aromatic carbocycles. The number of carbonyl (C=O) groups is 1. The number of hydrogen-bond acceptors (Lipinski definition) is 3. The van der Waals surface area contributed by atoms with E-state index in [9.17, 15) is 9.90 Å². The molecule has 2 unspecified atom stereocenters. The van der Waals surface area contributed by atoms with Gasteiger partial charge in [-0.2, -0.15) is 0 Å². The van der Waals surface area contributed by atoms with Crippen molar-refractivity contribution in [3.8, 4) is 0 Å². The van der Waals surface area contributed by atoms with E-state index in [1.165, 1.54) is 0 Å². The first-order valence-electron chi connectivity index (χ1n) is 5.08. The molecule has 0 bridgehead atoms. The fourth-order valence-corrected chi connectivity index (χ4v) is 1.39. The van der Waals surface area contributed by atoms with Crippen LogP contribution in [0.5, 0.6) is 0 Å². The van der Waals surface area contributed by atoms with Crippen LogP contribution in [-0.2, 0) is 4.79 Å². The van der Waals surface area contributed by atoms with Crippen molar-refractivity contribution in [2.45, 2.75) is 39.3 Å². The Morgan fingerprint density at radius 1 is 1.57 bits per heavy atom. The van der Waals surface area contributed by atoms with Crippen LogP contribution in [0.2, 0.25) is 0 Å². The van der Waals surface area contributed by atoms with E-state index in [0.29, 0.717) is 19.5 Å². The standard InChI is InChI=1S/C10H20N2O2/c1-10(2,3)6-12-9(14)8-4-7(13)5-11-8/h7-8,11,13H,4-6H2,1-3H3,(H,12,14). The van der Waals surface area contributed by atoms with Gasteiger partial charge in [0.1, 0.15) is 0 Å². The summed E-state index contributed by atoms with van der Waals surface area (Å²) in [6.45, 7) is 7.41. The Morgan fingerprint density at radius 2 is 2.21 bits per heavy atom. The van der Waals surface area contributed by atoms with Gasteiger partial charge in [0.15, 0.2) is 0 Å². The van der Waals surface area contributed by atoms with Crippen molar-refractivity contribution in [2.75, 3.05) is 13.1 Å². The van der Waals surface area contributed by atoms with Crippen LogP contribution in [0.25, 0.3) is 0 Å². The molecule has 2 atom stereocenters. The van der Waals surface area contributed by atoms with Gasteiger partial charge in [-0.3, -0.25) is 4.79 Å². The SMILES string of the molecule is CC(C)(C)CNC(=O)C1CC(O)CN1. The van der Waals surface area contributed by atoms with Crippen LogP contribution in [0, 0.1) is 5.41 Å². The van der Waals surface area contributed by atoms with Gasteiger partial charge < -0.3 is 15.7 Å². The highest BCUT2D eigenvalue weighted by atomic mass is 16.3. The highest BCUT2D eigenvalue weighted by molar-refractivity contribution is 5.82. The van der Waals surface area contributed by atoms with Gasteiger partial charge in [-0.05, 0) is 11.8 Å². The summed E-state index contributed by atoms with van der Waals surface area (Å²) in [7, 11) is 0. The second kappa shape index (κ2) is 4.28. The third-order valence-electron chi connectivity index (χ3n) is 2.22. The summed E-state index contributed by atoms with van der Waals surface area (Å²) in [4.78, 5) is 11.6. The van der Waals surface area contributed by atoms with Crippen LogP contribution < -0.4 is 10.6 Å². The molecular weight excluding hydrogens is 180 g/mol. The number of β-amino-alcohol motifs (C(OH)–C–C–N with tert-alkyl or cyclic N) is 1.